The van der Waals surface area contributed by atoms with Crippen LogP contribution >= 0.6 is 0 Å². The van der Waals surface area contributed by atoms with E-state index in [-0.39, 0.29) is 19.1 Å². The summed E-state index contributed by atoms with van der Waals surface area (Å²) < 4.78 is 16.1. The highest BCUT2D eigenvalue weighted by Crippen LogP contribution is 2.44. The molecule has 0 aromatic heterocycles. The Morgan fingerprint density at radius 3 is 2.29 bits per heavy atom. The molecule has 1 saturated heterocycles. The van der Waals surface area contributed by atoms with Crippen LogP contribution in [0.1, 0.15) is 30.4 Å². The molecule has 180 valence electrons. The lowest BCUT2D eigenvalue weighted by Gasteiger charge is -2.24. The van der Waals surface area contributed by atoms with Crippen molar-refractivity contribution >= 4 is 18.0 Å². The van der Waals surface area contributed by atoms with Crippen molar-refractivity contribution in [2.75, 3.05) is 20.3 Å². The molecule has 9 nitrogen and oxygen atoms in total. The van der Waals surface area contributed by atoms with Gasteiger partial charge < -0.3 is 30.0 Å². The maximum Gasteiger partial charge on any atom is 0.407 e. The molecule has 0 radical (unpaired) electrons. The van der Waals surface area contributed by atoms with Gasteiger partial charge in [0, 0.05) is 19.6 Å². The average Bonchev–Trinajstić information content (AvgIpc) is 3.43. The van der Waals surface area contributed by atoms with Crippen molar-refractivity contribution in [1.29, 1.82) is 0 Å². The van der Waals surface area contributed by atoms with E-state index in [4.69, 9.17) is 14.2 Å². The lowest BCUT2D eigenvalue weighted by molar-refractivity contribution is -0.147. The molecule has 0 saturated carbocycles. The van der Waals surface area contributed by atoms with Crippen LogP contribution in [0.15, 0.2) is 48.5 Å². The number of hydrogen-bond donors (Lipinski definition) is 3. The summed E-state index contributed by atoms with van der Waals surface area (Å²) in [6, 6.07) is 14.2. The SMILES string of the molecule is CO[C@H](C)[C@H](NC(=O)C1OCCC1NC(=O)OCC1c2ccccc2-c2ccccc21)C(=O)O. The van der Waals surface area contributed by atoms with E-state index in [1.807, 2.05) is 36.4 Å². The first-order valence-electron chi connectivity index (χ1n) is 11.2. The second-order valence-electron chi connectivity index (χ2n) is 8.42. The number of rotatable bonds is 8. The Hall–Kier alpha value is -3.43. The first-order chi connectivity index (χ1) is 16.4. The molecule has 2 unspecified atom stereocenters. The summed E-state index contributed by atoms with van der Waals surface area (Å²) in [5, 5.41) is 14.5. The number of carboxylic acid groups (broad SMARTS) is 1. The quantitative estimate of drug-likeness (QED) is 0.543. The van der Waals surface area contributed by atoms with Crippen molar-refractivity contribution in [2.24, 2.45) is 0 Å². The molecule has 2 aromatic rings. The van der Waals surface area contributed by atoms with Gasteiger partial charge in [-0.1, -0.05) is 48.5 Å². The van der Waals surface area contributed by atoms with Crippen molar-refractivity contribution in [1.82, 2.24) is 10.6 Å². The maximum absolute atomic E-state index is 12.7. The number of ether oxygens (including phenoxy) is 3. The van der Waals surface area contributed by atoms with Gasteiger partial charge in [0.15, 0.2) is 12.1 Å². The molecule has 3 N–H and O–H groups in total. The van der Waals surface area contributed by atoms with Gasteiger partial charge in [0.25, 0.3) is 5.91 Å². The van der Waals surface area contributed by atoms with Crippen LogP contribution in [0, 0.1) is 0 Å². The summed E-state index contributed by atoms with van der Waals surface area (Å²) >= 11 is 0. The van der Waals surface area contributed by atoms with Crippen LogP contribution in [-0.2, 0) is 23.8 Å². The number of hydrogen-bond acceptors (Lipinski definition) is 6. The summed E-state index contributed by atoms with van der Waals surface area (Å²) in [7, 11) is 1.36. The molecule has 4 rings (SSSR count). The molecule has 0 bridgehead atoms. The molecule has 9 heteroatoms. The molecular weight excluding hydrogens is 440 g/mol. The lowest BCUT2D eigenvalue weighted by Crippen LogP contribution is -2.55. The first kappa shape index (κ1) is 23.7. The molecule has 1 fully saturated rings. The Bertz CT molecular complexity index is 1030. The smallest absolute Gasteiger partial charge is 0.407 e. The van der Waals surface area contributed by atoms with E-state index >= 15 is 0 Å². The average molecular weight is 469 g/mol. The Morgan fingerprint density at radius 1 is 1.09 bits per heavy atom. The highest BCUT2D eigenvalue weighted by molar-refractivity contribution is 5.88. The van der Waals surface area contributed by atoms with Crippen LogP contribution in [0.25, 0.3) is 11.1 Å². The van der Waals surface area contributed by atoms with Crippen molar-refractivity contribution < 1.29 is 33.7 Å². The van der Waals surface area contributed by atoms with Gasteiger partial charge in [0.1, 0.15) is 6.61 Å². The van der Waals surface area contributed by atoms with Crippen molar-refractivity contribution in [3.8, 4) is 11.1 Å². The molecule has 2 aromatic carbocycles. The predicted molar refractivity (Wildman–Crippen MR) is 122 cm³/mol. The third-order valence-corrected chi connectivity index (χ3v) is 6.40. The third-order valence-electron chi connectivity index (χ3n) is 6.40. The molecule has 1 heterocycles. The minimum absolute atomic E-state index is 0.0797. The Labute approximate surface area is 197 Å². The van der Waals surface area contributed by atoms with Gasteiger partial charge in [-0.05, 0) is 35.6 Å². The number of carbonyl (C=O) groups excluding carboxylic acids is 2. The summed E-state index contributed by atoms with van der Waals surface area (Å²) in [6.07, 6.45) is -2.02. The van der Waals surface area contributed by atoms with E-state index in [9.17, 15) is 19.5 Å². The van der Waals surface area contributed by atoms with E-state index in [1.165, 1.54) is 7.11 Å². The number of alkyl carbamates (subject to hydrolysis) is 1. The van der Waals surface area contributed by atoms with Crippen LogP contribution in [0.3, 0.4) is 0 Å². The minimum Gasteiger partial charge on any atom is -0.480 e. The largest absolute Gasteiger partial charge is 0.480 e. The number of nitrogens with one attached hydrogen (secondary N) is 2. The zero-order valence-corrected chi connectivity index (χ0v) is 19.0. The highest BCUT2D eigenvalue weighted by atomic mass is 16.6. The van der Waals surface area contributed by atoms with Gasteiger partial charge >= 0.3 is 12.1 Å². The molecule has 34 heavy (non-hydrogen) atoms. The molecule has 4 atom stereocenters. The molecule has 1 aliphatic carbocycles. The number of carbonyl (C=O) groups is 3. The molecule has 0 spiro atoms. The number of carboxylic acids is 1. The van der Waals surface area contributed by atoms with E-state index in [2.05, 4.69) is 22.8 Å². The molecule has 2 amide bonds. The van der Waals surface area contributed by atoms with Crippen LogP contribution in [-0.4, -0.2) is 67.7 Å². The molecular formula is C25H28N2O7. The summed E-state index contributed by atoms with van der Waals surface area (Å²) in [5.74, 6) is -1.93. The summed E-state index contributed by atoms with van der Waals surface area (Å²) in [5.41, 5.74) is 4.47. The van der Waals surface area contributed by atoms with E-state index in [0.717, 1.165) is 22.3 Å². The number of methoxy groups -OCH3 is 1. The standard InChI is InChI=1S/C25H28N2O7/c1-14(32-2)21(24(29)30)27-23(28)22-20(11-12-33-22)26-25(31)34-13-19-17-9-5-3-7-15(17)16-8-4-6-10-18(16)19/h3-10,14,19-22H,11-13H2,1-2H3,(H,26,31)(H,27,28)(H,29,30)/t14-,20?,21+,22?/m1/s1. The van der Waals surface area contributed by atoms with Gasteiger partial charge in [-0.2, -0.15) is 0 Å². The fourth-order valence-electron chi connectivity index (χ4n) is 4.54. The van der Waals surface area contributed by atoms with Crippen LogP contribution in [0.5, 0.6) is 0 Å². The zero-order valence-electron chi connectivity index (χ0n) is 19.0. The van der Waals surface area contributed by atoms with E-state index < -0.39 is 42.3 Å². The Morgan fingerprint density at radius 2 is 1.71 bits per heavy atom. The minimum atomic E-state index is -1.24. The predicted octanol–water partition coefficient (Wildman–Crippen LogP) is 2.29. The molecule has 1 aliphatic heterocycles. The van der Waals surface area contributed by atoms with Gasteiger partial charge in [0.2, 0.25) is 0 Å². The first-order valence-corrected chi connectivity index (χ1v) is 11.2. The topological polar surface area (TPSA) is 123 Å². The van der Waals surface area contributed by atoms with Crippen molar-refractivity contribution in [3.63, 3.8) is 0 Å². The van der Waals surface area contributed by atoms with Gasteiger partial charge in [-0.15, -0.1) is 0 Å². The van der Waals surface area contributed by atoms with Crippen LogP contribution < -0.4 is 10.6 Å². The summed E-state index contributed by atoms with van der Waals surface area (Å²) in [6.45, 7) is 1.95. The molecule has 2 aliphatic rings. The third kappa shape index (κ3) is 4.76. The Balaban J connectivity index is 1.37. The fraction of sp³-hybridized carbons (Fsp3) is 0.400. The highest BCUT2D eigenvalue weighted by Gasteiger charge is 2.39. The van der Waals surface area contributed by atoms with Gasteiger partial charge in [-0.25, -0.2) is 9.59 Å². The van der Waals surface area contributed by atoms with E-state index in [1.54, 1.807) is 6.92 Å². The van der Waals surface area contributed by atoms with Crippen LogP contribution in [0.2, 0.25) is 0 Å². The van der Waals surface area contributed by atoms with Crippen molar-refractivity contribution in [2.45, 2.75) is 43.6 Å². The second kappa shape index (κ2) is 10.2. The van der Waals surface area contributed by atoms with Crippen LogP contribution in [0.4, 0.5) is 4.79 Å². The Kier molecular flexibility index (Phi) is 7.14. The number of benzene rings is 2. The fourth-order valence-corrected chi connectivity index (χ4v) is 4.54. The zero-order chi connectivity index (χ0) is 24.2. The monoisotopic (exact) mass is 468 g/mol. The van der Waals surface area contributed by atoms with E-state index in [0.29, 0.717) is 6.42 Å². The lowest BCUT2D eigenvalue weighted by atomic mass is 9.98. The number of amides is 2. The van der Waals surface area contributed by atoms with Crippen molar-refractivity contribution in [3.05, 3.63) is 59.7 Å². The van der Waals surface area contributed by atoms with Gasteiger partial charge in [-0.3, -0.25) is 4.79 Å². The number of aliphatic carboxylic acids is 1. The second-order valence-corrected chi connectivity index (χ2v) is 8.42. The van der Waals surface area contributed by atoms with Gasteiger partial charge in [0.05, 0.1) is 12.1 Å². The maximum atomic E-state index is 12.7. The summed E-state index contributed by atoms with van der Waals surface area (Å²) in [4.78, 5) is 36.7. The normalized spacial score (nSPS) is 20.6. The number of fused-ring (bicyclic) bond motifs is 3.